The van der Waals surface area contributed by atoms with Crippen LogP contribution in [0.1, 0.15) is 5.56 Å². The van der Waals surface area contributed by atoms with Crippen LogP contribution in [-0.4, -0.2) is 21.0 Å². The molecule has 1 heterocycles. The van der Waals surface area contributed by atoms with Crippen LogP contribution in [0.5, 0.6) is 0 Å². The summed E-state index contributed by atoms with van der Waals surface area (Å²) in [5.74, 6) is 0.252. The summed E-state index contributed by atoms with van der Waals surface area (Å²) in [5.41, 5.74) is 8.07. The maximum Gasteiger partial charge on any atom is 0.234 e. The van der Waals surface area contributed by atoms with E-state index >= 15 is 0 Å². The molecule has 1 amide bonds. The first-order chi connectivity index (χ1) is 8.65. The highest BCUT2D eigenvalue weighted by Gasteiger charge is 2.07. The van der Waals surface area contributed by atoms with E-state index in [-0.39, 0.29) is 5.91 Å². The molecule has 0 aliphatic rings. The van der Waals surface area contributed by atoms with Gasteiger partial charge in [0.15, 0.2) is 4.34 Å². The second kappa shape index (κ2) is 5.83. The Morgan fingerprint density at radius 2 is 2.39 bits per heavy atom. The topological polar surface area (TPSA) is 80.9 Å². The molecule has 94 valence electrons. The Hall–Kier alpha value is -1.60. The lowest BCUT2D eigenvalue weighted by Gasteiger charge is -2.08. The molecule has 2 rings (SSSR count). The molecule has 0 unspecified atom stereocenters. The molecule has 0 aliphatic heterocycles. The Labute approximate surface area is 113 Å². The summed E-state index contributed by atoms with van der Waals surface area (Å²) in [6.07, 6.45) is 1.48. The number of nitrogens with zero attached hydrogens (tertiary/aromatic N) is 2. The van der Waals surface area contributed by atoms with Crippen molar-refractivity contribution < 1.29 is 4.79 Å². The van der Waals surface area contributed by atoms with Gasteiger partial charge in [-0.2, -0.15) is 4.37 Å². The number of benzene rings is 1. The predicted molar refractivity (Wildman–Crippen MR) is 74.9 cm³/mol. The lowest BCUT2D eigenvalue weighted by atomic mass is 10.2. The summed E-state index contributed by atoms with van der Waals surface area (Å²) >= 11 is 2.65. The monoisotopic (exact) mass is 280 g/mol. The summed E-state index contributed by atoms with van der Waals surface area (Å²) in [6.45, 7) is 1.91. The van der Waals surface area contributed by atoms with Crippen molar-refractivity contribution in [3.05, 3.63) is 30.1 Å². The third-order valence-electron chi connectivity index (χ3n) is 2.19. The number of nitrogens with two attached hydrogens (primary N) is 1. The van der Waals surface area contributed by atoms with Gasteiger partial charge >= 0.3 is 0 Å². The minimum absolute atomic E-state index is 0.0666. The molecule has 1 aromatic carbocycles. The van der Waals surface area contributed by atoms with E-state index in [4.69, 9.17) is 5.73 Å². The van der Waals surface area contributed by atoms with Crippen LogP contribution in [0.25, 0.3) is 0 Å². The number of thioether (sulfide) groups is 1. The van der Waals surface area contributed by atoms with Gasteiger partial charge in [0, 0.05) is 11.4 Å². The molecule has 0 saturated heterocycles. The molecule has 0 radical (unpaired) electrons. The second-order valence-electron chi connectivity index (χ2n) is 3.62. The highest BCUT2D eigenvalue weighted by Crippen LogP contribution is 2.20. The van der Waals surface area contributed by atoms with E-state index < -0.39 is 0 Å². The first-order valence-corrected chi connectivity index (χ1v) is 6.96. The van der Waals surface area contributed by atoms with Crippen LogP contribution < -0.4 is 11.1 Å². The number of aryl methyl sites for hydroxylation is 1. The zero-order chi connectivity index (χ0) is 13.0. The van der Waals surface area contributed by atoms with E-state index in [2.05, 4.69) is 14.7 Å². The van der Waals surface area contributed by atoms with E-state index in [0.29, 0.717) is 11.4 Å². The van der Waals surface area contributed by atoms with Crippen molar-refractivity contribution >= 4 is 40.6 Å². The van der Waals surface area contributed by atoms with Crippen LogP contribution in [0.3, 0.4) is 0 Å². The first kappa shape index (κ1) is 12.8. The van der Waals surface area contributed by atoms with Gasteiger partial charge < -0.3 is 11.1 Å². The fourth-order valence-corrected chi connectivity index (χ4v) is 2.61. The summed E-state index contributed by atoms with van der Waals surface area (Å²) in [4.78, 5) is 15.7. The molecule has 5 nitrogen and oxygen atoms in total. The number of hydrogen-bond donors (Lipinski definition) is 2. The number of aromatic nitrogens is 2. The standard InChI is InChI=1S/C11H12N4OS2/c1-7-4-8(12)2-3-9(7)15-10(16)5-17-11-13-6-14-18-11/h2-4,6H,5,12H2,1H3,(H,15,16). The van der Waals surface area contributed by atoms with Crippen LogP contribution in [0, 0.1) is 6.92 Å². The normalized spacial score (nSPS) is 10.3. The van der Waals surface area contributed by atoms with E-state index in [0.717, 1.165) is 15.6 Å². The van der Waals surface area contributed by atoms with Crippen molar-refractivity contribution in [1.29, 1.82) is 0 Å². The Morgan fingerprint density at radius 3 is 3.06 bits per heavy atom. The van der Waals surface area contributed by atoms with E-state index in [1.807, 2.05) is 13.0 Å². The molecule has 0 atom stereocenters. The van der Waals surface area contributed by atoms with Crippen LogP contribution in [0.2, 0.25) is 0 Å². The van der Waals surface area contributed by atoms with Gasteiger partial charge in [-0.1, -0.05) is 11.8 Å². The molecule has 1 aromatic heterocycles. The van der Waals surface area contributed by atoms with Gasteiger partial charge in [0.05, 0.1) is 5.75 Å². The van der Waals surface area contributed by atoms with Crippen LogP contribution in [-0.2, 0) is 4.79 Å². The molecular weight excluding hydrogens is 268 g/mol. The van der Waals surface area contributed by atoms with Crippen molar-refractivity contribution in [3.63, 3.8) is 0 Å². The number of carbonyl (C=O) groups is 1. The lowest BCUT2D eigenvalue weighted by Crippen LogP contribution is -2.14. The van der Waals surface area contributed by atoms with Crippen LogP contribution in [0.4, 0.5) is 11.4 Å². The van der Waals surface area contributed by atoms with E-state index in [1.54, 1.807) is 12.1 Å². The minimum Gasteiger partial charge on any atom is -0.399 e. The zero-order valence-corrected chi connectivity index (χ0v) is 11.3. The van der Waals surface area contributed by atoms with Crippen molar-refractivity contribution in [2.45, 2.75) is 11.3 Å². The van der Waals surface area contributed by atoms with E-state index in [9.17, 15) is 4.79 Å². The molecule has 0 fully saturated rings. The quantitative estimate of drug-likeness (QED) is 0.662. The molecule has 3 N–H and O–H groups in total. The van der Waals surface area contributed by atoms with Gasteiger partial charge in [0.1, 0.15) is 6.33 Å². The largest absolute Gasteiger partial charge is 0.399 e. The Morgan fingerprint density at radius 1 is 1.56 bits per heavy atom. The predicted octanol–water partition coefficient (Wildman–Crippen LogP) is 2.16. The Kier molecular flexibility index (Phi) is 4.16. The maximum atomic E-state index is 11.7. The third-order valence-corrected chi connectivity index (χ3v) is 3.99. The first-order valence-electron chi connectivity index (χ1n) is 5.20. The fourth-order valence-electron chi connectivity index (χ4n) is 1.37. The van der Waals surface area contributed by atoms with Gasteiger partial charge in [0.2, 0.25) is 5.91 Å². The highest BCUT2D eigenvalue weighted by atomic mass is 32.2. The summed E-state index contributed by atoms with van der Waals surface area (Å²) in [7, 11) is 0. The van der Waals surface area contributed by atoms with E-state index in [1.165, 1.54) is 29.6 Å². The summed E-state index contributed by atoms with van der Waals surface area (Å²) < 4.78 is 4.66. The number of rotatable bonds is 4. The SMILES string of the molecule is Cc1cc(N)ccc1NC(=O)CSc1ncns1. The molecule has 2 aromatic rings. The second-order valence-corrected chi connectivity index (χ2v) is 5.62. The van der Waals surface area contributed by atoms with Gasteiger partial charge in [-0.3, -0.25) is 4.79 Å². The molecule has 0 aliphatic carbocycles. The average Bonchev–Trinajstić information content (AvgIpc) is 2.83. The number of carbonyl (C=O) groups excluding carboxylic acids is 1. The molecule has 0 saturated carbocycles. The highest BCUT2D eigenvalue weighted by molar-refractivity contribution is 8.01. The molecule has 0 bridgehead atoms. The molecule has 0 spiro atoms. The van der Waals surface area contributed by atoms with Crippen molar-refractivity contribution in [3.8, 4) is 0 Å². The molecule has 7 heteroatoms. The van der Waals surface area contributed by atoms with Gasteiger partial charge in [-0.05, 0) is 42.2 Å². The number of nitrogen functional groups attached to an aromatic ring is 1. The summed E-state index contributed by atoms with van der Waals surface area (Å²) in [5, 5.41) is 2.84. The lowest BCUT2D eigenvalue weighted by molar-refractivity contribution is -0.113. The van der Waals surface area contributed by atoms with Gasteiger partial charge in [-0.15, -0.1) is 0 Å². The summed E-state index contributed by atoms with van der Waals surface area (Å²) in [6, 6.07) is 5.40. The number of hydrogen-bond acceptors (Lipinski definition) is 6. The van der Waals surface area contributed by atoms with Gasteiger partial charge in [-0.25, -0.2) is 4.98 Å². The minimum atomic E-state index is -0.0666. The van der Waals surface area contributed by atoms with Crippen molar-refractivity contribution in [2.75, 3.05) is 16.8 Å². The van der Waals surface area contributed by atoms with Crippen molar-refractivity contribution in [1.82, 2.24) is 9.36 Å². The number of nitrogens with one attached hydrogen (secondary N) is 1. The van der Waals surface area contributed by atoms with Gasteiger partial charge in [0.25, 0.3) is 0 Å². The zero-order valence-electron chi connectivity index (χ0n) is 9.71. The molecule has 18 heavy (non-hydrogen) atoms. The molecular formula is C11H12N4OS2. The maximum absolute atomic E-state index is 11.7. The average molecular weight is 280 g/mol. The van der Waals surface area contributed by atoms with Crippen LogP contribution >= 0.6 is 23.3 Å². The van der Waals surface area contributed by atoms with Crippen LogP contribution in [0.15, 0.2) is 28.9 Å². The van der Waals surface area contributed by atoms with Crippen molar-refractivity contribution in [2.24, 2.45) is 0 Å². The fraction of sp³-hybridized carbons (Fsp3) is 0.182. The third kappa shape index (κ3) is 3.44. The Balaban J connectivity index is 1.91. The Bertz CT molecular complexity index is 542. The number of anilines is 2. The smallest absolute Gasteiger partial charge is 0.234 e. The number of amides is 1.